The van der Waals surface area contributed by atoms with E-state index in [1.54, 1.807) is 19.5 Å². The van der Waals surface area contributed by atoms with Crippen LogP contribution in [0, 0.1) is 0 Å². The van der Waals surface area contributed by atoms with Crippen LogP contribution in [0.2, 0.25) is 0 Å². The number of hydrogen-bond acceptors (Lipinski definition) is 6. The number of pyridine rings is 1. The van der Waals surface area contributed by atoms with Crippen molar-refractivity contribution >= 4 is 22.7 Å². The number of fused-ring (bicyclic) bond motifs is 1. The van der Waals surface area contributed by atoms with Gasteiger partial charge in [-0.3, -0.25) is 4.98 Å². The smallest absolute Gasteiger partial charge is 0.141 e. The molecule has 0 aliphatic heterocycles. The molecule has 3 rings (SSSR count). The number of aromatic nitrogens is 4. The summed E-state index contributed by atoms with van der Waals surface area (Å²) in [4.78, 5) is 16.1. The number of methoxy groups -OCH3 is 1. The Kier molecular flexibility index (Phi) is 3.65. The van der Waals surface area contributed by atoms with Gasteiger partial charge in [0.25, 0.3) is 0 Å². The van der Waals surface area contributed by atoms with Crippen LogP contribution in [0.15, 0.2) is 30.7 Å². The number of ether oxygens (including phenoxy) is 1. The van der Waals surface area contributed by atoms with Gasteiger partial charge in [-0.25, -0.2) is 9.97 Å². The summed E-state index contributed by atoms with van der Waals surface area (Å²) < 4.78 is 5.03. The predicted molar refractivity (Wildman–Crippen MR) is 81.9 cm³/mol. The molecule has 3 aromatic rings. The third kappa shape index (κ3) is 2.77. The Balaban J connectivity index is 2.02. The van der Waals surface area contributed by atoms with Gasteiger partial charge in [0, 0.05) is 30.8 Å². The van der Waals surface area contributed by atoms with E-state index >= 15 is 0 Å². The minimum Gasteiger partial charge on any atom is -0.383 e. The molecular weight excluding hydrogens is 268 g/mol. The Morgan fingerprint density at radius 1 is 1.33 bits per heavy atom. The van der Waals surface area contributed by atoms with Crippen LogP contribution >= 0.6 is 0 Å². The van der Waals surface area contributed by atoms with Gasteiger partial charge in [0.1, 0.15) is 17.3 Å². The van der Waals surface area contributed by atoms with Gasteiger partial charge in [-0.15, -0.1) is 0 Å². The molecule has 4 N–H and O–H groups in total. The number of rotatable bonds is 5. The number of anilines is 2. The summed E-state index contributed by atoms with van der Waals surface area (Å²) in [6.07, 6.45) is 5.06. The number of aromatic amines is 1. The molecule has 0 fully saturated rings. The third-order valence-electron chi connectivity index (χ3n) is 3.09. The van der Waals surface area contributed by atoms with Crippen molar-refractivity contribution < 1.29 is 4.74 Å². The number of nitrogens with two attached hydrogens (primary N) is 1. The van der Waals surface area contributed by atoms with Gasteiger partial charge in [0.2, 0.25) is 0 Å². The van der Waals surface area contributed by atoms with Crippen LogP contribution in [0.4, 0.5) is 11.6 Å². The molecule has 0 amide bonds. The summed E-state index contributed by atoms with van der Waals surface area (Å²) >= 11 is 0. The Labute approximate surface area is 121 Å². The molecule has 0 bridgehead atoms. The van der Waals surface area contributed by atoms with Crippen molar-refractivity contribution in [1.82, 2.24) is 19.9 Å². The second kappa shape index (κ2) is 5.76. The topological polar surface area (TPSA) is 102 Å². The van der Waals surface area contributed by atoms with Crippen molar-refractivity contribution in [2.45, 2.75) is 0 Å². The zero-order valence-corrected chi connectivity index (χ0v) is 11.6. The highest BCUT2D eigenvalue weighted by Crippen LogP contribution is 2.28. The van der Waals surface area contributed by atoms with Crippen LogP contribution in [0.3, 0.4) is 0 Å². The maximum Gasteiger partial charge on any atom is 0.141 e. The van der Waals surface area contributed by atoms with Crippen LogP contribution in [0.25, 0.3) is 22.3 Å². The second-order valence-electron chi connectivity index (χ2n) is 4.54. The van der Waals surface area contributed by atoms with E-state index < -0.39 is 0 Å². The van der Waals surface area contributed by atoms with Crippen LogP contribution < -0.4 is 11.1 Å². The Morgan fingerprint density at radius 2 is 2.24 bits per heavy atom. The molecule has 0 unspecified atom stereocenters. The molecule has 7 heteroatoms. The maximum atomic E-state index is 5.59. The summed E-state index contributed by atoms with van der Waals surface area (Å²) in [5, 5.41) is 4.21. The van der Waals surface area contributed by atoms with Crippen molar-refractivity contribution in [3.05, 3.63) is 30.7 Å². The van der Waals surface area contributed by atoms with Crippen LogP contribution in [-0.2, 0) is 4.74 Å². The van der Waals surface area contributed by atoms with Gasteiger partial charge >= 0.3 is 0 Å². The van der Waals surface area contributed by atoms with Gasteiger partial charge in [-0.1, -0.05) is 0 Å². The van der Waals surface area contributed by atoms with E-state index in [1.165, 1.54) is 0 Å². The number of H-pyrrole nitrogens is 1. The normalized spacial score (nSPS) is 10.9. The molecule has 3 aromatic heterocycles. The standard InChI is InChI=1S/C14H16N6O/c1-21-5-4-16-13-6-10(9-2-3-17-14(9)20-13)11-7-19-12(15)8-18-11/h2-3,6-8H,4-5H2,1H3,(H2,15,19)(H2,16,17,20). The lowest BCUT2D eigenvalue weighted by atomic mass is 10.1. The van der Waals surface area contributed by atoms with Crippen molar-refractivity contribution in [3.63, 3.8) is 0 Å². The Hall–Kier alpha value is -2.67. The number of nitrogens with zero attached hydrogens (tertiary/aromatic N) is 3. The van der Waals surface area contributed by atoms with E-state index in [0.717, 1.165) is 28.1 Å². The largest absolute Gasteiger partial charge is 0.383 e. The van der Waals surface area contributed by atoms with E-state index in [2.05, 4.69) is 25.3 Å². The lowest BCUT2D eigenvalue weighted by Gasteiger charge is -2.08. The first-order valence-electron chi connectivity index (χ1n) is 6.57. The molecular formula is C14H16N6O. The fourth-order valence-electron chi connectivity index (χ4n) is 2.10. The van der Waals surface area contributed by atoms with Gasteiger partial charge in [-0.2, -0.15) is 0 Å². The molecule has 0 atom stereocenters. The van der Waals surface area contributed by atoms with Crippen LogP contribution in [-0.4, -0.2) is 40.2 Å². The highest BCUT2D eigenvalue weighted by Gasteiger charge is 2.10. The van der Waals surface area contributed by atoms with Gasteiger partial charge in [0.05, 0.1) is 24.7 Å². The Morgan fingerprint density at radius 3 is 3.00 bits per heavy atom. The first-order chi connectivity index (χ1) is 10.3. The van der Waals surface area contributed by atoms with Gasteiger partial charge in [-0.05, 0) is 12.1 Å². The van der Waals surface area contributed by atoms with E-state index in [1.807, 2.05) is 18.3 Å². The molecule has 0 aliphatic rings. The molecule has 3 heterocycles. The van der Waals surface area contributed by atoms with Crippen LogP contribution in [0.1, 0.15) is 0 Å². The third-order valence-corrected chi connectivity index (χ3v) is 3.09. The fraction of sp³-hybridized carbons (Fsp3) is 0.214. The minimum atomic E-state index is 0.400. The molecule has 0 radical (unpaired) electrons. The molecule has 21 heavy (non-hydrogen) atoms. The van der Waals surface area contributed by atoms with E-state index in [9.17, 15) is 0 Å². The zero-order chi connectivity index (χ0) is 14.7. The molecule has 0 saturated carbocycles. The van der Waals surface area contributed by atoms with Crippen molar-refractivity contribution in [2.75, 3.05) is 31.3 Å². The average Bonchev–Trinajstić information content (AvgIpc) is 2.96. The Bertz CT molecular complexity index is 737. The van der Waals surface area contributed by atoms with E-state index in [4.69, 9.17) is 10.5 Å². The monoisotopic (exact) mass is 284 g/mol. The highest BCUT2D eigenvalue weighted by molar-refractivity contribution is 5.93. The van der Waals surface area contributed by atoms with Crippen LogP contribution in [0.5, 0.6) is 0 Å². The van der Waals surface area contributed by atoms with Gasteiger partial charge in [0.15, 0.2) is 0 Å². The lowest BCUT2D eigenvalue weighted by molar-refractivity contribution is 0.210. The number of nitrogens with one attached hydrogen (secondary N) is 2. The van der Waals surface area contributed by atoms with Gasteiger partial charge < -0.3 is 20.8 Å². The first-order valence-corrected chi connectivity index (χ1v) is 6.57. The summed E-state index contributed by atoms with van der Waals surface area (Å²) in [7, 11) is 1.67. The molecule has 7 nitrogen and oxygen atoms in total. The number of hydrogen-bond donors (Lipinski definition) is 3. The van der Waals surface area contributed by atoms with Crippen molar-refractivity contribution in [1.29, 1.82) is 0 Å². The molecule has 0 saturated heterocycles. The number of nitrogen functional groups attached to an aromatic ring is 1. The lowest BCUT2D eigenvalue weighted by Crippen LogP contribution is -2.09. The maximum absolute atomic E-state index is 5.59. The minimum absolute atomic E-state index is 0.400. The summed E-state index contributed by atoms with van der Waals surface area (Å²) in [5.41, 5.74) is 8.10. The SMILES string of the molecule is COCCNc1cc(-c2cnc(N)cn2)c2cc[nH]c2n1. The predicted octanol–water partition coefficient (Wildman–Crippen LogP) is 1.66. The van der Waals surface area contributed by atoms with E-state index in [0.29, 0.717) is 19.0 Å². The summed E-state index contributed by atoms with van der Waals surface area (Å²) in [5.74, 6) is 1.16. The van der Waals surface area contributed by atoms with Crippen molar-refractivity contribution in [2.24, 2.45) is 0 Å². The summed E-state index contributed by atoms with van der Waals surface area (Å²) in [6, 6.07) is 3.92. The fourth-order valence-corrected chi connectivity index (χ4v) is 2.10. The second-order valence-corrected chi connectivity index (χ2v) is 4.54. The quantitative estimate of drug-likeness (QED) is 0.616. The molecule has 108 valence electrons. The summed E-state index contributed by atoms with van der Waals surface area (Å²) in [6.45, 7) is 1.30. The first kappa shape index (κ1) is 13.3. The average molecular weight is 284 g/mol. The van der Waals surface area contributed by atoms with Crippen molar-refractivity contribution in [3.8, 4) is 11.3 Å². The molecule has 0 spiro atoms. The highest BCUT2D eigenvalue weighted by atomic mass is 16.5. The van der Waals surface area contributed by atoms with E-state index in [-0.39, 0.29) is 0 Å². The molecule has 0 aliphatic carbocycles. The zero-order valence-electron chi connectivity index (χ0n) is 11.6. The molecule has 0 aromatic carbocycles.